The van der Waals surface area contributed by atoms with Crippen LogP contribution in [0.2, 0.25) is 0 Å². The fourth-order valence-corrected chi connectivity index (χ4v) is 4.42. The number of rotatable bonds is 5. The predicted octanol–water partition coefficient (Wildman–Crippen LogP) is 3.93. The van der Waals surface area contributed by atoms with Crippen molar-refractivity contribution in [1.82, 2.24) is 10.6 Å². The third-order valence-electron chi connectivity index (χ3n) is 4.94. The average Bonchev–Trinajstić information content (AvgIpc) is 3.28. The molecular weight excluding hydrogens is 380 g/mol. The van der Waals surface area contributed by atoms with Gasteiger partial charge in [-0.25, -0.2) is 8.78 Å². The highest BCUT2D eigenvalue weighted by Gasteiger charge is 2.42. The Balaban J connectivity index is 1.34. The van der Waals surface area contributed by atoms with Crippen LogP contribution in [0.4, 0.5) is 8.78 Å². The molecule has 1 aliphatic carbocycles. The maximum Gasteiger partial charge on any atom is 0.191 e. The van der Waals surface area contributed by atoms with Gasteiger partial charge in [-0.1, -0.05) is 24.3 Å². The predicted molar refractivity (Wildman–Crippen MR) is 109 cm³/mol. The van der Waals surface area contributed by atoms with E-state index in [4.69, 9.17) is 0 Å². The molecule has 0 spiro atoms. The largest absolute Gasteiger partial charge is 0.386 e. The molecule has 3 unspecified atom stereocenters. The van der Waals surface area contributed by atoms with Gasteiger partial charge in [0.05, 0.1) is 0 Å². The molecule has 1 saturated carbocycles. The van der Waals surface area contributed by atoms with E-state index < -0.39 is 17.7 Å². The molecule has 0 amide bonds. The molecule has 7 heteroatoms. The summed E-state index contributed by atoms with van der Waals surface area (Å²) in [5, 5.41) is 17.9. The number of nitrogens with one attached hydrogen (secondary N) is 2. The fourth-order valence-electron chi connectivity index (χ4n) is 3.37. The summed E-state index contributed by atoms with van der Waals surface area (Å²) in [7, 11) is 1.63. The first-order valence-corrected chi connectivity index (χ1v) is 9.96. The van der Waals surface area contributed by atoms with Gasteiger partial charge in [0, 0.05) is 40.7 Å². The molecule has 0 saturated heterocycles. The van der Waals surface area contributed by atoms with Crippen LogP contribution in [0.1, 0.15) is 28.9 Å². The van der Waals surface area contributed by atoms with Crippen LogP contribution < -0.4 is 10.6 Å². The lowest BCUT2D eigenvalue weighted by atomic mass is 10.1. The number of aliphatic hydroxyl groups is 1. The molecule has 146 valence electrons. The second-order valence-corrected chi connectivity index (χ2v) is 8.00. The van der Waals surface area contributed by atoms with Gasteiger partial charge in [-0.2, -0.15) is 0 Å². The second kappa shape index (κ2) is 7.85. The zero-order valence-corrected chi connectivity index (χ0v) is 16.1. The van der Waals surface area contributed by atoms with E-state index in [1.54, 1.807) is 18.4 Å². The van der Waals surface area contributed by atoms with E-state index in [1.807, 2.05) is 30.3 Å². The summed E-state index contributed by atoms with van der Waals surface area (Å²) in [4.78, 5) is 5.03. The number of halogens is 2. The maximum absolute atomic E-state index is 13.9. The Morgan fingerprint density at radius 3 is 2.68 bits per heavy atom. The number of guanidine groups is 1. The summed E-state index contributed by atoms with van der Waals surface area (Å²) in [6, 6.07) is 13.8. The molecule has 1 aromatic heterocycles. The summed E-state index contributed by atoms with van der Waals surface area (Å²) in [6.45, 7) is 0.290. The molecule has 4 rings (SSSR count). The molecule has 2 aromatic carbocycles. The van der Waals surface area contributed by atoms with Gasteiger partial charge in [0.25, 0.3) is 0 Å². The van der Waals surface area contributed by atoms with E-state index >= 15 is 0 Å². The van der Waals surface area contributed by atoms with Crippen molar-refractivity contribution in [3.8, 4) is 0 Å². The molecular formula is C21H21F2N3OS. The topological polar surface area (TPSA) is 56.7 Å². The fraction of sp³-hybridized carbons (Fsp3) is 0.286. The molecule has 28 heavy (non-hydrogen) atoms. The highest BCUT2D eigenvalue weighted by atomic mass is 32.1. The number of thiophene rings is 1. The Morgan fingerprint density at radius 2 is 1.96 bits per heavy atom. The maximum atomic E-state index is 13.9. The zero-order valence-electron chi connectivity index (χ0n) is 15.3. The Kier molecular flexibility index (Phi) is 5.28. The minimum atomic E-state index is -0.671. The number of hydrogen-bond acceptors (Lipinski definition) is 3. The van der Waals surface area contributed by atoms with E-state index in [0.717, 1.165) is 15.0 Å². The molecule has 0 radical (unpaired) electrons. The Morgan fingerprint density at radius 1 is 1.21 bits per heavy atom. The molecule has 4 nitrogen and oxygen atoms in total. The first-order valence-electron chi connectivity index (χ1n) is 9.14. The van der Waals surface area contributed by atoms with Gasteiger partial charge in [0.1, 0.15) is 17.7 Å². The smallest absolute Gasteiger partial charge is 0.191 e. The minimum Gasteiger partial charge on any atom is -0.386 e. The van der Waals surface area contributed by atoms with Crippen molar-refractivity contribution < 1.29 is 13.9 Å². The van der Waals surface area contributed by atoms with Crippen molar-refractivity contribution in [3.63, 3.8) is 0 Å². The van der Waals surface area contributed by atoms with Crippen LogP contribution in [0.15, 0.2) is 53.5 Å². The standard InChI is InChI=1S/C21H21F2N3OS/c1-24-21(26-16-10-13(16)20-14(22)6-4-7-15(20)23)25-11-17(27)19-9-12-5-2-3-8-18(12)28-19/h2-9,13,16-17,27H,10-11H2,1H3,(H2,24,25,26). The van der Waals surface area contributed by atoms with Gasteiger partial charge in [0.2, 0.25) is 0 Å². The van der Waals surface area contributed by atoms with Crippen LogP contribution in [0, 0.1) is 11.6 Å². The third kappa shape index (κ3) is 3.86. The van der Waals surface area contributed by atoms with Crippen LogP contribution in [0.25, 0.3) is 10.1 Å². The van der Waals surface area contributed by atoms with Gasteiger partial charge < -0.3 is 15.7 Å². The van der Waals surface area contributed by atoms with Crippen LogP contribution in [0.5, 0.6) is 0 Å². The highest BCUT2D eigenvalue weighted by molar-refractivity contribution is 7.19. The van der Waals surface area contributed by atoms with E-state index in [-0.39, 0.29) is 24.1 Å². The van der Waals surface area contributed by atoms with Crippen molar-refractivity contribution in [2.75, 3.05) is 13.6 Å². The van der Waals surface area contributed by atoms with Crippen molar-refractivity contribution in [3.05, 3.63) is 70.6 Å². The van der Waals surface area contributed by atoms with Gasteiger partial charge >= 0.3 is 0 Å². The Hall–Kier alpha value is -2.51. The molecule has 3 atom stereocenters. The number of hydrogen-bond donors (Lipinski definition) is 3. The molecule has 0 bridgehead atoms. The van der Waals surface area contributed by atoms with Crippen molar-refractivity contribution in [2.24, 2.45) is 4.99 Å². The third-order valence-corrected chi connectivity index (χ3v) is 6.16. The van der Waals surface area contributed by atoms with E-state index in [9.17, 15) is 13.9 Å². The lowest BCUT2D eigenvalue weighted by Crippen LogP contribution is -2.40. The van der Waals surface area contributed by atoms with Gasteiger partial charge in [-0.3, -0.25) is 4.99 Å². The van der Waals surface area contributed by atoms with E-state index in [2.05, 4.69) is 15.6 Å². The lowest BCUT2D eigenvalue weighted by Gasteiger charge is -2.15. The van der Waals surface area contributed by atoms with Crippen LogP contribution in [0.3, 0.4) is 0 Å². The Bertz CT molecular complexity index is 967. The second-order valence-electron chi connectivity index (χ2n) is 6.88. The van der Waals surface area contributed by atoms with Crippen molar-refractivity contribution in [2.45, 2.75) is 24.5 Å². The summed E-state index contributed by atoms with van der Waals surface area (Å²) in [5.74, 6) is -0.744. The first kappa shape index (κ1) is 18.8. The highest BCUT2D eigenvalue weighted by Crippen LogP contribution is 2.43. The first-order chi connectivity index (χ1) is 13.6. The molecule has 3 N–H and O–H groups in total. The van der Waals surface area contributed by atoms with Gasteiger partial charge in [-0.05, 0) is 36.1 Å². The molecule has 3 aromatic rings. The normalized spacial score (nSPS) is 20.2. The van der Waals surface area contributed by atoms with Crippen LogP contribution >= 0.6 is 11.3 Å². The number of aliphatic imine (C=N–C) groups is 1. The lowest BCUT2D eigenvalue weighted by molar-refractivity contribution is 0.184. The number of fused-ring (bicyclic) bond motifs is 1. The van der Waals surface area contributed by atoms with Crippen LogP contribution in [-0.4, -0.2) is 30.7 Å². The summed E-state index contributed by atoms with van der Waals surface area (Å²) in [5.41, 5.74) is 0.126. The summed E-state index contributed by atoms with van der Waals surface area (Å²) < 4.78 is 29.0. The molecule has 1 heterocycles. The van der Waals surface area contributed by atoms with Crippen molar-refractivity contribution >= 4 is 27.4 Å². The van der Waals surface area contributed by atoms with Gasteiger partial charge in [0.15, 0.2) is 5.96 Å². The quantitative estimate of drug-likeness (QED) is 0.448. The number of aliphatic hydroxyl groups excluding tert-OH is 1. The van der Waals surface area contributed by atoms with E-state index in [1.165, 1.54) is 18.2 Å². The molecule has 1 fully saturated rings. The Labute approximate surface area is 165 Å². The monoisotopic (exact) mass is 401 g/mol. The van der Waals surface area contributed by atoms with Gasteiger partial charge in [-0.15, -0.1) is 11.3 Å². The summed E-state index contributed by atoms with van der Waals surface area (Å²) in [6.07, 6.45) is -0.0350. The zero-order chi connectivity index (χ0) is 19.7. The minimum absolute atomic E-state index is 0.0842. The molecule has 0 aliphatic heterocycles. The van der Waals surface area contributed by atoms with Crippen molar-refractivity contribution in [1.29, 1.82) is 0 Å². The van der Waals surface area contributed by atoms with Crippen LogP contribution in [-0.2, 0) is 0 Å². The average molecular weight is 401 g/mol. The summed E-state index contributed by atoms with van der Waals surface area (Å²) >= 11 is 1.56. The number of benzene rings is 2. The SMILES string of the molecule is CN=C(NCC(O)c1cc2ccccc2s1)NC1CC1c1c(F)cccc1F. The van der Waals surface area contributed by atoms with E-state index in [0.29, 0.717) is 12.4 Å². The molecule has 1 aliphatic rings. The number of nitrogens with zero attached hydrogens (tertiary/aromatic N) is 1.